The summed E-state index contributed by atoms with van der Waals surface area (Å²) in [6, 6.07) is 7.17. The van der Waals surface area contributed by atoms with E-state index in [1.165, 1.54) is 6.26 Å². The number of amides is 1. The van der Waals surface area contributed by atoms with Crippen LogP contribution in [0.25, 0.3) is 0 Å². The number of sulfone groups is 1. The molecule has 1 amide bonds. The predicted molar refractivity (Wildman–Crippen MR) is 98.7 cm³/mol. The van der Waals surface area contributed by atoms with Crippen LogP contribution in [0.4, 0.5) is 0 Å². The molecule has 2 saturated carbocycles. The minimum atomic E-state index is -3.23. The second kappa shape index (κ2) is 6.64. The Kier molecular flexibility index (Phi) is 4.59. The average Bonchev–Trinajstić information content (AvgIpc) is 3.00. The van der Waals surface area contributed by atoms with Gasteiger partial charge in [-0.3, -0.25) is 4.79 Å². The Morgan fingerprint density at radius 3 is 2.46 bits per heavy atom. The van der Waals surface area contributed by atoms with Crippen LogP contribution in [0.3, 0.4) is 0 Å². The van der Waals surface area contributed by atoms with Crippen molar-refractivity contribution >= 4 is 15.7 Å². The fraction of sp³-hybridized carbons (Fsp3) is 0.650. The van der Waals surface area contributed by atoms with Gasteiger partial charge >= 0.3 is 0 Å². The maximum absolute atomic E-state index is 13.3. The topological polar surface area (TPSA) is 72.5 Å². The molecule has 0 radical (unpaired) electrons. The largest absolute Gasteiger partial charge is 0.378 e. The molecule has 0 bridgehead atoms. The van der Waals surface area contributed by atoms with Gasteiger partial charge in [0.15, 0.2) is 9.84 Å². The van der Waals surface area contributed by atoms with E-state index < -0.39 is 15.3 Å². The molecule has 142 valence electrons. The molecule has 1 N–H and O–H groups in total. The van der Waals surface area contributed by atoms with Gasteiger partial charge < -0.3 is 10.1 Å². The lowest BCUT2D eigenvalue weighted by molar-refractivity contribution is -0.131. The Morgan fingerprint density at radius 2 is 1.85 bits per heavy atom. The summed E-state index contributed by atoms with van der Waals surface area (Å²) >= 11 is 0. The number of rotatable bonds is 4. The monoisotopic (exact) mass is 377 g/mol. The lowest BCUT2D eigenvalue weighted by Crippen LogP contribution is -2.58. The quantitative estimate of drug-likeness (QED) is 0.875. The molecule has 1 aromatic rings. The summed E-state index contributed by atoms with van der Waals surface area (Å²) in [6.07, 6.45) is 8.35. The Balaban J connectivity index is 1.58. The van der Waals surface area contributed by atoms with Crippen LogP contribution in [0.1, 0.15) is 50.5 Å². The molecule has 3 fully saturated rings. The van der Waals surface area contributed by atoms with E-state index >= 15 is 0 Å². The number of fused-ring (bicyclic) bond motifs is 1. The highest BCUT2D eigenvalue weighted by molar-refractivity contribution is 7.90. The van der Waals surface area contributed by atoms with Crippen molar-refractivity contribution in [2.45, 2.75) is 67.4 Å². The summed E-state index contributed by atoms with van der Waals surface area (Å²) in [5, 5.41) is 3.30. The van der Waals surface area contributed by atoms with E-state index in [1.807, 2.05) is 12.1 Å². The molecule has 0 spiro atoms. The van der Waals surface area contributed by atoms with E-state index in [9.17, 15) is 13.2 Å². The van der Waals surface area contributed by atoms with Crippen molar-refractivity contribution in [1.82, 2.24) is 5.32 Å². The lowest BCUT2D eigenvalue weighted by Gasteiger charge is -2.43. The van der Waals surface area contributed by atoms with Gasteiger partial charge in [0.2, 0.25) is 5.91 Å². The van der Waals surface area contributed by atoms with Crippen LogP contribution in [-0.4, -0.2) is 39.3 Å². The van der Waals surface area contributed by atoms with Crippen molar-refractivity contribution in [1.29, 1.82) is 0 Å². The lowest BCUT2D eigenvalue weighted by atomic mass is 9.68. The van der Waals surface area contributed by atoms with Crippen LogP contribution in [0, 0.1) is 5.92 Å². The molecule has 26 heavy (non-hydrogen) atoms. The van der Waals surface area contributed by atoms with Gasteiger partial charge in [0.1, 0.15) is 0 Å². The number of hydrogen-bond donors (Lipinski definition) is 1. The van der Waals surface area contributed by atoms with E-state index in [2.05, 4.69) is 5.32 Å². The highest BCUT2D eigenvalue weighted by atomic mass is 32.2. The number of nitrogens with one attached hydrogen (secondary N) is 1. The number of hydrogen-bond acceptors (Lipinski definition) is 4. The van der Waals surface area contributed by atoms with Gasteiger partial charge in [-0.05, 0) is 43.4 Å². The molecule has 5 nitrogen and oxygen atoms in total. The van der Waals surface area contributed by atoms with Crippen LogP contribution in [0.5, 0.6) is 0 Å². The predicted octanol–water partition coefficient (Wildman–Crippen LogP) is 2.59. The zero-order valence-corrected chi connectivity index (χ0v) is 16.1. The first kappa shape index (κ1) is 18.0. The third-order valence-electron chi connectivity index (χ3n) is 6.56. The summed E-state index contributed by atoms with van der Waals surface area (Å²) in [5.41, 5.74) is 0.416. The third kappa shape index (κ3) is 3.07. The first-order valence-electron chi connectivity index (χ1n) is 9.63. The van der Waals surface area contributed by atoms with E-state index in [0.717, 1.165) is 57.1 Å². The van der Waals surface area contributed by atoms with E-state index in [4.69, 9.17) is 4.74 Å². The molecular formula is C20H27NO4S. The molecule has 1 aliphatic heterocycles. The van der Waals surface area contributed by atoms with Gasteiger partial charge in [0.05, 0.1) is 16.4 Å². The van der Waals surface area contributed by atoms with Crippen molar-refractivity contribution in [2.75, 3.05) is 12.9 Å². The zero-order valence-electron chi connectivity index (χ0n) is 15.2. The van der Waals surface area contributed by atoms with Crippen LogP contribution in [0.15, 0.2) is 29.2 Å². The van der Waals surface area contributed by atoms with Crippen molar-refractivity contribution in [2.24, 2.45) is 5.92 Å². The zero-order chi connectivity index (χ0) is 18.4. The number of carbonyl (C=O) groups is 1. The number of carbonyl (C=O) groups excluding carboxylic acids is 1. The van der Waals surface area contributed by atoms with Crippen LogP contribution >= 0.6 is 0 Å². The molecule has 4 rings (SSSR count). The smallest absolute Gasteiger partial charge is 0.230 e. The molecule has 0 unspecified atom stereocenters. The van der Waals surface area contributed by atoms with Gasteiger partial charge in [0.25, 0.3) is 0 Å². The van der Waals surface area contributed by atoms with Crippen molar-refractivity contribution in [3.63, 3.8) is 0 Å². The van der Waals surface area contributed by atoms with Crippen molar-refractivity contribution < 1.29 is 17.9 Å². The third-order valence-corrected chi connectivity index (χ3v) is 7.69. The second-order valence-electron chi connectivity index (χ2n) is 8.12. The van der Waals surface area contributed by atoms with Gasteiger partial charge in [-0.2, -0.15) is 0 Å². The Morgan fingerprint density at radius 1 is 1.15 bits per heavy atom. The SMILES string of the molecule is CS(=O)(=O)c1ccc(C2(C(=O)N[C@H]3C[C@@H]4OCC[C@H]34)CCCCC2)cc1. The van der Waals surface area contributed by atoms with Crippen molar-refractivity contribution in [3.8, 4) is 0 Å². The standard InChI is InChI=1S/C20H27NO4S/c1-26(23,24)15-7-5-14(6-8-15)20(10-3-2-4-11-20)19(22)21-17-13-18-16(17)9-12-25-18/h5-8,16-18H,2-4,9-13H2,1H3,(H,21,22)/t16-,17+,18+/m1/s1. The van der Waals surface area contributed by atoms with E-state index in [1.54, 1.807) is 12.1 Å². The summed E-state index contributed by atoms with van der Waals surface area (Å²) in [4.78, 5) is 13.6. The molecule has 2 aliphatic carbocycles. The Labute approximate surface area is 155 Å². The first-order chi connectivity index (χ1) is 12.4. The van der Waals surface area contributed by atoms with E-state index in [0.29, 0.717) is 16.9 Å². The van der Waals surface area contributed by atoms with Crippen LogP contribution < -0.4 is 5.32 Å². The van der Waals surface area contributed by atoms with E-state index in [-0.39, 0.29) is 11.9 Å². The van der Waals surface area contributed by atoms with Crippen molar-refractivity contribution in [3.05, 3.63) is 29.8 Å². The first-order valence-corrected chi connectivity index (χ1v) is 11.5. The highest BCUT2D eigenvalue weighted by Crippen LogP contribution is 2.43. The summed E-state index contributed by atoms with van der Waals surface area (Å²) in [6.45, 7) is 0.805. The number of benzene rings is 1. The normalized spacial score (nSPS) is 30.3. The fourth-order valence-corrected chi connectivity index (χ4v) is 5.52. The molecular weight excluding hydrogens is 350 g/mol. The molecule has 1 heterocycles. The molecule has 3 atom stereocenters. The minimum Gasteiger partial charge on any atom is -0.378 e. The molecule has 0 aromatic heterocycles. The Hall–Kier alpha value is -1.40. The van der Waals surface area contributed by atoms with Gasteiger partial charge in [-0.25, -0.2) is 8.42 Å². The van der Waals surface area contributed by atoms with Crippen LogP contribution in [-0.2, 0) is 24.8 Å². The maximum Gasteiger partial charge on any atom is 0.230 e. The Bertz CT molecular complexity index is 781. The molecule has 1 aromatic carbocycles. The number of ether oxygens (including phenoxy) is 1. The van der Waals surface area contributed by atoms with Gasteiger partial charge in [-0.15, -0.1) is 0 Å². The molecule has 3 aliphatic rings. The van der Waals surface area contributed by atoms with Crippen LogP contribution in [0.2, 0.25) is 0 Å². The molecule has 6 heteroatoms. The molecule has 1 saturated heterocycles. The van der Waals surface area contributed by atoms with Gasteiger partial charge in [-0.1, -0.05) is 31.4 Å². The fourth-order valence-electron chi connectivity index (χ4n) is 4.89. The second-order valence-corrected chi connectivity index (χ2v) is 10.1. The highest BCUT2D eigenvalue weighted by Gasteiger charge is 2.49. The summed E-state index contributed by atoms with van der Waals surface area (Å²) < 4.78 is 29.1. The summed E-state index contributed by atoms with van der Waals surface area (Å²) in [5.74, 6) is 0.576. The average molecular weight is 378 g/mol. The summed E-state index contributed by atoms with van der Waals surface area (Å²) in [7, 11) is -3.23. The minimum absolute atomic E-state index is 0.111. The maximum atomic E-state index is 13.3. The van der Waals surface area contributed by atoms with Gasteiger partial charge in [0, 0.05) is 24.8 Å².